The van der Waals surface area contributed by atoms with Crippen LogP contribution in [0.4, 0.5) is 0 Å². The third-order valence-electron chi connectivity index (χ3n) is 2.80. The number of rotatable bonds is 4. The van der Waals surface area contributed by atoms with Crippen LogP contribution in [0.3, 0.4) is 0 Å². The number of hydrogen-bond donors (Lipinski definition) is 1. The van der Waals surface area contributed by atoms with Crippen LogP contribution in [0.1, 0.15) is 12.8 Å². The second-order valence-corrected chi connectivity index (χ2v) is 3.77. The maximum Gasteiger partial charge on any atom is 0.378 e. The van der Waals surface area contributed by atoms with Crippen molar-refractivity contribution in [3.8, 4) is 0 Å². The van der Waals surface area contributed by atoms with Crippen molar-refractivity contribution in [2.24, 2.45) is 0 Å². The van der Waals surface area contributed by atoms with Crippen LogP contribution >= 0.6 is 0 Å². The lowest BCUT2D eigenvalue weighted by Crippen LogP contribution is -2.51. The van der Waals surface area contributed by atoms with Gasteiger partial charge in [-0.1, -0.05) is 0 Å². The van der Waals surface area contributed by atoms with Crippen molar-refractivity contribution in [3.05, 3.63) is 0 Å². The summed E-state index contributed by atoms with van der Waals surface area (Å²) < 4.78 is 4.74. The zero-order chi connectivity index (χ0) is 10.6. The van der Waals surface area contributed by atoms with Gasteiger partial charge in [0.1, 0.15) is 5.68 Å². The average Bonchev–Trinajstić information content (AvgIpc) is 2.17. The van der Waals surface area contributed by atoms with E-state index in [-0.39, 0.29) is 11.7 Å². The molecule has 1 fully saturated rings. The van der Waals surface area contributed by atoms with Crippen LogP contribution in [0.15, 0.2) is 0 Å². The second-order valence-electron chi connectivity index (χ2n) is 3.77. The molecule has 1 rings (SSSR count). The van der Waals surface area contributed by atoms with Gasteiger partial charge in [0, 0.05) is 19.7 Å². The van der Waals surface area contributed by atoms with E-state index in [9.17, 15) is 4.79 Å². The quantitative estimate of drug-likeness (QED) is 0.614. The SMILES string of the molecule is CN[C@@H]1CC[C@@H](C(=O)[B]OC)N(C)C1. The molecule has 0 spiro atoms. The highest BCUT2D eigenvalue weighted by molar-refractivity contribution is 6.70. The van der Waals surface area contributed by atoms with E-state index in [0.717, 1.165) is 19.4 Å². The monoisotopic (exact) mass is 197 g/mol. The van der Waals surface area contributed by atoms with Gasteiger partial charge in [-0.15, -0.1) is 0 Å². The first kappa shape index (κ1) is 11.7. The summed E-state index contributed by atoms with van der Waals surface area (Å²) in [7, 11) is 6.76. The lowest BCUT2D eigenvalue weighted by molar-refractivity contribution is -0.118. The number of hydrogen-bond acceptors (Lipinski definition) is 4. The van der Waals surface area contributed by atoms with Crippen LogP contribution in [0.5, 0.6) is 0 Å². The second kappa shape index (κ2) is 5.48. The van der Waals surface area contributed by atoms with E-state index in [1.807, 2.05) is 14.1 Å². The maximum atomic E-state index is 11.6. The van der Waals surface area contributed by atoms with Crippen molar-refractivity contribution < 1.29 is 9.45 Å². The Kier molecular flexibility index (Phi) is 4.58. The number of likely N-dealkylation sites (tertiary alicyclic amines) is 1. The van der Waals surface area contributed by atoms with Gasteiger partial charge in [-0.05, 0) is 26.9 Å². The Balaban J connectivity index is 2.45. The first-order valence-corrected chi connectivity index (χ1v) is 4.96. The summed E-state index contributed by atoms with van der Waals surface area (Å²) in [6.45, 7) is 0.921. The summed E-state index contributed by atoms with van der Waals surface area (Å²) in [5.41, 5.74) is 0.0737. The maximum absolute atomic E-state index is 11.6. The molecule has 14 heavy (non-hydrogen) atoms. The van der Waals surface area contributed by atoms with Gasteiger partial charge in [-0.3, -0.25) is 4.90 Å². The summed E-state index contributed by atoms with van der Waals surface area (Å²) in [5, 5.41) is 3.23. The molecule has 2 atom stereocenters. The number of likely N-dealkylation sites (N-methyl/N-ethyl adjacent to an activating group) is 2. The highest BCUT2D eigenvalue weighted by atomic mass is 16.4. The number of nitrogens with one attached hydrogen (secondary N) is 1. The van der Waals surface area contributed by atoms with Crippen LogP contribution in [0.2, 0.25) is 0 Å². The van der Waals surface area contributed by atoms with Gasteiger partial charge < -0.3 is 14.8 Å². The third-order valence-corrected chi connectivity index (χ3v) is 2.80. The highest BCUT2D eigenvalue weighted by Gasteiger charge is 2.29. The third kappa shape index (κ3) is 2.80. The fourth-order valence-corrected chi connectivity index (χ4v) is 1.94. The van der Waals surface area contributed by atoms with E-state index in [1.165, 1.54) is 14.6 Å². The average molecular weight is 197 g/mol. The molecule has 0 aliphatic carbocycles. The van der Waals surface area contributed by atoms with Gasteiger partial charge in [0.15, 0.2) is 0 Å². The van der Waals surface area contributed by atoms with Crippen molar-refractivity contribution in [1.29, 1.82) is 0 Å². The minimum Gasteiger partial charge on any atom is -0.434 e. The van der Waals surface area contributed by atoms with Crippen molar-refractivity contribution in [3.63, 3.8) is 0 Å². The van der Waals surface area contributed by atoms with Gasteiger partial charge >= 0.3 is 7.48 Å². The van der Waals surface area contributed by atoms with E-state index in [0.29, 0.717) is 6.04 Å². The van der Waals surface area contributed by atoms with Crippen molar-refractivity contribution in [2.75, 3.05) is 27.7 Å². The number of piperidine rings is 1. The number of carbonyl (C=O) groups excluding carboxylic acids is 1. The predicted octanol–water partition coefficient (Wildman–Crippen LogP) is -0.539. The summed E-state index contributed by atoms with van der Waals surface area (Å²) in [6.07, 6.45) is 1.95. The molecule has 0 aromatic rings. The first-order valence-electron chi connectivity index (χ1n) is 4.96. The lowest BCUT2D eigenvalue weighted by atomic mass is 9.82. The van der Waals surface area contributed by atoms with Gasteiger partial charge in [0.05, 0.1) is 6.04 Å². The highest BCUT2D eigenvalue weighted by Crippen LogP contribution is 2.15. The first-order chi connectivity index (χ1) is 6.69. The fraction of sp³-hybridized carbons (Fsp3) is 0.889. The van der Waals surface area contributed by atoms with Crippen LogP contribution in [-0.4, -0.2) is 57.9 Å². The van der Waals surface area contributed by atoms with Gasteiger partial charge in [-0.25, -0.2) is 0 Å². The number of carbonyl (C=O) groups is 1. The van der Waals surface area contributed by atoms with Crippen LogP contribution in [0.25, 0.3) is 0 Å². The molecule has 0 amide bonds. The van der Waals surface area contributed by atoms with Crippen molar-refractivity contribution in [2.45, 2.75) is 24.9 Å². The molecule has 1 saturated heterocycles. The minimum atomic E-state index is -0.000417. The molecule has 79 valence electrons. The number of nitrogens with zero attached hydrogens (tertiary/aromatic N) is 1. The molecular weight excluding hydrogens is 179 g/mol. The Morgan fingerprint density at radius 3 is 2.79 bits per heavy atom. The Labute approximate surface area is 86.3 Å². The lowest BCUT2D eigenvalue weighted by Gasteiger charge is -2.36. The van der Waals surface area contributed by atoms with E-state index >= 15 is 0 Å². The van der Waals surface area contributed by atoms with Crippen LogP contribution in [0, 0.1) is 0 Å². The smallest absolute Gasteiger partial charge is 0.378 e. The van der Waals surface area contributed by atoms with E-state index < -0.39 is 0 Å². The molecule has 1 heterocycles. The Bertz CT molecular complexity index is 201. The van der Waals surface area contributed by atoms with Crippen molar-refractivity contribution in [1.82, 2.24) is 10.2 Å². The summed E-state index contributed by atoms with van der Waals surface area (Å²) in [5.74, 6) is 0. The largest absolute Gasteiger partial charge is 0.434 e. The van der Waals surface area contributed by atoms with Crippen LogP contribution < -0.4 is 5.32 Å². The zero-order valence-electron chi connectivity index (χ0n) is 9.12. The molecule has 1 radical (unpaired) electrons. The summed E-state index contributed by atoms with van der Waals surface area (Å²) in [6, 6.07) is 0.506. The summed E-state index contributed by atoms with van der Waals surface area (Å²) in [4.78, 5) is 13.6. The molecule has 1 aliphatic heterocycles. The van der Waals surface area contributed by atoms with Gasteiger partial charge in [0.25, 0.3) is 0 Å². The van der Waals surface area contributed by atoms with Crippen molar-refractivity contribution >= 4 is 13.2 Å². The molecule has 4 nitrogen and oxygen atoms in total. The van der Waals surface area contributed by atoms with Gasteiger partial charge in [0.2, 0.25) is 0 Å². The van der Waals surface area contributed by atoms with E-state index in [4.69, 9.17) is 4.65 Å². The molecule has 0 unspecified atom stereocenters. The Morgan fingerprint density at radius 2 is 2.29 bits per heavy atom. The molecule has 0 bridgehead atoms. The molecular formula is C9H18BN2O2. The zero-order valence-corrected chi connectivity index (χ0v) is 9.12. The molecule has 1 aliphatic rings. The van der Waals surface area contributed by atoms with E-state index in [2.05, 4.69) is 10.2 Å². The predicted molar refractivity (Wildman–Crippen MR) is 56.3 cm³/mol. The van der Waals surface area contributed by atoms with Crippen LogP contribution in [-0.2, 0) is 9.45 Å². The molecule has 0 aromatic heterocycles. The Hall–Kier alpha value is -0.385. The van der Waals surface area contributed by atoms with Gasteiger partial charge in [-0.2, -0.15) is 0 Å². The molecule has 5 heteroatoms. The topological polar surface area (TPSA) is 41.6 Å². The molecule has 0 aromatic carbocycles. The molecule has 1 N–H and O–H groups in total. The summed E-state index contributed by atoms with van der Waals surface area (Å²) >= 11 is 0. The minimum absolute atomic E-state index is 0.000417. The van der Waals surface area contributed by atoms with E-state index in [1.54, 1.807) is 0 Å². The fourth-order valence-electron chi connectivity index (χ4n) is 1.94. The Morgan fingerprint density at radius 1 is 1.57 bits per heavy atom. The molecule has 0 saturated carbocycles. The normalized spacial score (nSPS) is 28.8. The standard InChI is InChI=1S/C9H18BN2O2/c1-11-7-4-5-8(12(2)6-7)9(13)10-14-3/h7-8,11H,4-6H2,1-3H3/t7-,8+/m1/s1.